The highest BCUT2D eigenvalue weighted by Gasteiger charge is 2.15. The zero-order valence-electron chi connectivity index (χ0n) is 11.4. The van der Waals surface area contributed by atoms with Crippen molar-refractivity contribution in [2.45, 2.75) is 6.10 Å². The zero-order chi connectivity index (χ0) is 13.9. The largest absolute Gasteiger partial charge is 0.458 e. The summed E-state index contributed by atoms with van der Waals surface area (Å²) in [5, 5.41) is 11.3. The van der Waals surface area contributed by atoms with E-state index < -0.39 is 6.10 Å². The lowest BCUT2D eigenvalue weighted by Gasteiger charge is -2.21. The number of nitrogens with zero attached hydrogens (tertiary/aromatic N) is 1. The molecule has 3 nitrogen and oxygen atoms in total. The molecule has 0 bridgehead atoms. The minimum absolute atomic E-state index is 0.490. The van der Waals surface area contributed by atoms with Crippen LogP contribution in [-0.2, 0) is 0 Å². The molecule has 2 aromatic carbocycles. The Morgan fingerprint density at radius 1 is 1.05 bits per heavy atom. The third-order valence-corrected chi connectivity index (χ3v) is 3.42. The molecule has 1 heterocycles. The first-order valence-corrected chi connectivity index (χ1v) is 6.67. The summed E-state index contributed by atoms with van der Waals surface area (Å²) in [5.41, 5.74) is 1.88. The van der Waals surface area contributed by atoms with Crippen molar-refractivity contribution >= 4 is 16.7 Å². The normalized spacial score (nSPS) is 12.5. The van der Waals surface area contributed by atoms with Crippen LogP contribution in [0.25, 0.3) is 11.0 Å². The number of aliphatic hydroxyl groups excluding tert-OH is 1. The fourth-order valence-electron chi connectivity index (χ4n) is 2.30. The minimum Gasteiger partial charge on any atom is -0.458 e. The van der Waals surface area contributed by atoms with Gasteiger partial charge in [-0.05, 0) is 24.3 Å². The molecule has 3 heteroatoms. The van der Waals surface area contributed by atoms with Crippen molar-refractivity contribution in [2.75, 3.05) is 18.5 Å². The second-order valence-electron chi connectivity index (χ2n) is 4.92. The Morgan fingerprint density at radius 3 is 2.50 bits per heavy atom. The number of aliphatic hydroxyl groups is 1. The van der Waals surface area contributed by atoms with Gasteiger partial charge in [0.05, 0.1) is 6.54 Å². The molecule has 3 rings (SSSR count). The minimum atomic E-state index is -0.646. The molecule has 0 radical (unpaired) electrons. The standard InChI is InChI=1S/C17H17NO2/c1-18(14-8-3-2-4-9-14)12-15(19)17-11-13-7-5-6-10-16(13)20-17/h2-11,15,19H,12H2,1H3. The van der Waals surface area contributed by atoms with Gasteiger partial charge in [0.25, 0.3) is 0 Å². The van der Waals surface area contributed by atoms with Crippen molar-refractivity contribution < 1.29 is 9.52 Å². The van der Waals surface area contributed by atoms with Crippen molar-refractivity contribution in [3.05, 3.63) is 66.4 Å². The van der Waals surface area contributed by atoms with Crippen LogP contribution in [-0.4, -0.2) is 18.7 Å². The van der Waals surface area contributed by atoms with Crippen LogP contribution in [0.5, 0.6) is 0 Å². The highest BCUT2D eigenvalue weighted by molar-refractivity contribution is 5.77. The van der Waals surface area contributed by atoms with E-state index >= 15 is 0 Å². The lowest BCUT2D eigenvalue weighted by Crippen LogP contribution is -2.23. The number of anilines is 1. The van der Waals surface area contributed by atoms with Gasteiger partial charge in [0.15, 0.2) is 0 Å². The number of fused-ring (bicyclic) bond motifs is 1. The van der Waals surface area contributed by atoms with Crippen molar-refractivity contribution in [1.29, 1.82) is 0 Å². The second-order valence-corrected chi connectivity index (χ2v) is 4.92. The molecule has 1 atom stereocenters. The summed E-state index contributed by atoms with van der Waals surface area (Å²) >= 11 is 0. The molecule has 0 amide bonds. The molecule has 3 aromatic rings. The lowest BCUT2D eigenvalue weighted by molar-refractivity contribution is 0.159. The fraction of sp³-hybridized carbons (Fsp3) is 0.176. The maximum atomic E-state index is 10.3. The SMILES string of the molecule is CN(CC(O)c1cc2ccccc2o1)c1ccccc1. The molecule has 1 N–H and O–H groups in total. The van der Waals surface area contributed by atoms with E-state index in [1.165, 1.54) is 0 Å². The summed E-state index contributed by atoms with van der Waals surface area (Å²) in [6, 6.07) is 19.7. The van der Waals surface area contributed by atoms with Crippen molar-refractivity contribution in [1.82, 2.24) is 0 Å². The summed E-state index contributed by atoms with van der Waals surface area (Å²) in [7, 11) is 1.96. The van der Waals surface area contributed by atoms with Gasteiger partial charge in [-0.1, -0.05) is 36.4 Å². The van der Waals surface area contributed by atoms with Crippen LogP contribution < -0.4 is 4.90 Å². The first-order valence-electron chi connectivity index (χ1n) is 6.67. The maximum Gasteiger partial charge on any atom is 0.135 e. The number of likely N-dealkylation sites (N-methyl/N-ethyl adjacent to an activating group) is 1. The van der Waals surface area contributed by atoms with Crippen molar-refractivity contribution in [3.8, 4) is 0 Å². The van der Waals surface area contributed by atoms with E-state index in [0.717, 1.165) is 16.7 Å². The van der Waals surface area contributed by atoms with Crippen LogP contribution in [0.3, 0.4) is 0 Å². The number of para-hydroxylation sites is 2. The summed E-state index contributed by atoms with van der Waals surface area (Å²) in [4.78, 5) is 2.01. The fourth-order valence-corrected chi connectivity index (χ4v) is 2.30. The second kappa shape index (κ2) is 5.39. The highest BCUT2D eigenvalue weighted by Crippen LogP contribution is 2.25. The molecular formula is C17H17NO2. The molecule has 0 spiro atoms. The van der Waals surface area contributed by atoms with Gasteiger partial charge < -0.3 is 14.4 Å². The van der Waals surface area contributed by atoms with E-state index in [1.807, 2.05) is 72.6 Å². The van der Waals surface area contributed by atoms with Crippen LogP contribution in [0.15, 0.2) is 65.1 Å². The third kappa shape index (κ3) is 2.53. The third-order valence-electron chi connectivity index (χ3n) is 3.42. The van der Waals surface area contributed by atoms with Gasteiger partial charge in [-0.3, -0.25) is 0 Å². The average Bonchev–Trinajstić information content (AvgIpc) is 2.92. The quantitative estimate of drug-likeness (QED) is 0.784. The first-order chi connectivity index (χ1) is 9.74. The zero-order valence-corrected chi connectivity index (χ0v) is 11.4. The number of rotatable bonds is 4. The molecule has 0 fully saturated rings. The van der Waals surface area contributed by atoms with Crippen LogP contribution in [0.4, 0.5) is 5.69 Å². The Labute approximate surface area is 118 Å². The van der Waals surface area contributed by atoms with Gasteiger partial charge >= 0.3 is 0 Å². The Morgan fingerprint density at radius 2 is 1.75 bits per heavy atom. The molecule has 0 saturated heterocycles. The van der Waals surface area contributed by atoms with Crippen LogP contribution >= 0.6 is 0 Å². The molecule has 0 saturated carbocycles. The predicted octanol–water partition coefficient (Wildman–Crippen LogP) is 3.60. The molecule has 0 aliphatic carbocycles. The monoisotopic (exact) mass is 267 g/mol. The van der Waals surface area contributed by atoms with Crippen molar-refractivity contribution in [3.63, 3.8) is 0 Å². The van der Waals surface area contributed by atoms with Gasteiger partial charge in [0, 0.05) is 18.1 Å². The van der Waals surface area contributed by atoms with E-state index in [4.69, 9.17) is 4.42 Å². The lowest BCUT2D eigenvalue weighted by atomic mass is 10.2. The van der Waals surface area contributed by atoms with E-state index in [2.05, 4.69) is 0 Å². The molecule has 0 aliphatic heterocycles. The first kappa shape index (κ1) is 12.8. The van der Waals surface area contributed by atoms with E-state index in [-0.39, 0.29) is 0 Å². The summed E-state index contributed by atoms with van der Waals surface area (Å²) < 4.78 is 5.69. The molecule has 20 heavy (non-hydrogen) atoms. The van der Waals surface area contributed by atoms with Crippen LogP contribution in [0.1, 0.15) is 11.9 Å². The maximum absolute atomic E-state index is 10.3. The smallest absolute Gasteiger partial charge is 0.135 e. The summed E-state index contributed by atoms with van der Waals surface area (Å²) in [6.45, 7) is 0.490. The van der Waals surface area contributed by atoms with Gasteiger partial charge in [-0.15, -0.1) is 0 Å². The van der Waals surface area contributed by atoms with Gasteiger partial charge in [-0.2, -0.15) is 0 Å². The van der Waals surface area contributed by atoms with Gasteiger partial charge in [-0.25, -0.2) is 0 Å². The Balaban J connectivity index is 1.77. The topological polar surface area (TPSA) is 36.6 Å². The predicted molar refractivity (Wildman–Crippen MR) is 80.9 cm³/mol. The van der Waals surface area contributed by atoms with Gasteiger partial charge in [0.1, 0.15) is 17.4 Å². The Kier molecular flexibility index (Phi) is 3.44. The Hall–Kier alpha value is -2.26. The van der Waals surface area contributed by atoms with Crippen molar-refractivity contribution in [2.24, 2.45) is 0 Å². The molecule has 0 aliphatic rings. The molecule has 102 valence electrons. The molecule has 1 unspecified atom stereocenters. The number of benzene rings is 2. The summed E-state index contributed by atoms with van der Waals surface area (Å²) in [6.07, 6.45) is -0.646. The summed E-state index contributed by atoms with van der Waals surface area (Å²) in [5.74, 6) is 0.606. The Bertz CT molecular complexity index is 657. The van der Waals surface area contributed by atoms with E-state index in [0.29, 0.717) is 12.3 Å². The van der Waals surface area contributed by atoms with Gasteiger partial charge in [0.2, 0.25) is 0 Å². The number of hydrogen-bond donors (Lipinski definition) is 1. The van der Waals surface area contributed by atoms with Crippen LogP contribution in [0.2, 0.25) is 0 Å². The highest BCUT2D eigenvalue weighted by atomic mass is 16.4. The number of furan rings is 1. The van der Waals surface area contributed by atoms with E-state index in [9.17, 15) is 5.11 Å². The number of hydrogen-bond acceptors (Lipinski definition) is 3. The molecule has 1 aromatic heterocycles. The van der Waals surface area contributed by atoms with Crippen LogP contribution in [0, 0.1) is 0 Å². The average molecular weight is 267 g/mol. The molecular weight excluding hydrogens is 250 g/mol. The van der Waals surface area contributed by atoms with E-state index in [1.54, 1.807) is 0 Å².